The minimum Gasteiger partial charge on any atom is -0.356 e. The minimum absolute atomic E-state index is 0. The molecule has 120 valence electrons. The molecule has 0 unspecified atom stereocenters. The van der Waals surface area contributed by atoms with Crippen LogP contribution in [0.25, 0.3) is 22.4 Å². The van der Waals surface area contributed by atoms with Crippen molar-refractivity contribution in [2.45, 2.75) is 6.42 Å². The van der Waals surface area contributed by atoms with Crippen molar-refractivity contribution in [3.63, 3.8) is 0 Å². The van der Waals surface area contributed by atoms with Crippen LogP contribution in [0.3, 0.4) is 0 Å². The van der Waals surface area contributed by atoms with Gasteiger partial charge in [-0.2, -0.15) is 5.10 Å². The van der Waals surface area contributed by atoms with Crippen LogP contribution in [0.5, 0.6) is 0 Å². The Morgan fingerprint density at radius 1 is 1.39 bits per heavy atom. The van der Waals surface area contributed by atoms with E-state index in [0.717, 1.165) is 30.7 Å². The first-order valence-corrected chi connectivity index (χ1v) is 7.67. The summed E-state index contributed by atoms with van der Waals surface area (Å²) in [6.45, 7) is 2.42. The number of H-pyrrole nitrogens is 1. The minimum atomic E-state index is -0.377. The van der Waals surface area contributed by atoms with Crippen molar-refractivity contribution in [1.82, 2.24) is 20.2 Å². The number of anilines is 1. The van der Waals surface area contributed by atoms with Gasteiger partial charge in [0.25, 0.3) is 0 Å². The van der Waals surface area contributed by atoms with Crippen molar-refractivity contribution in [3.05, 3.63) is 36.3 Å². The molecule has 1 saturated heterocycles. The van der Waals surface area contributed by atoms with Gasteiger partial charge in [0, 0.05) is 26.1 Å². The van der Waals surface area contributed by atoms with E-state index in [-0.39, 0.29) is 12.9 Å². The largest absolute Gasteiger partial charge is 0.356 e. The second-order valence-electron chi connectivity index (χ2n) is 5.81. The maximum Gasteiger partial charge on any atom is 0.181 e. The molecule has 0 aliphatic carbocycles. The van der Waals surface area contributed by atoms with Gasteiger partial charge in [0.2, 0.25) is 0 Å². The summed E-state index contributed by atoms with van der Waals surface area (Å²) in [6.07, 6.45) is 2.70. The van der Waals surface area contributed by atoms with Gasteiger partial charge in [0.05, 0.1) is 5.69 Å². The van der Waals surface area contributed by atoms with Gasteiger partial charge in [-0.05, 0) is 43.1 Å². The fourth-order valence-corrected chi connectivity index (χ4v) is 3.05. The van der Waals surface area contributed by atoms with Crippen molar-refractivity contribution >= 4 is 16.9 Å². The van der Waals surface area contributed by atoms with E-state index in [4.69, 9.17) is 5.73 Å². The van der Waals surface area contributed by atoms with Gasteiger partial charge in [-0.1, -0.05) is 0 Å². The van der Waals surface area contributed by atoms with Crippen LogP contribution in [0.4, 0.5) is 10.2 Å². The number of aromatic nitrogens is 4. The molecule has 3 N–H and O–H groups in total. The summed E-state index contributed by atoms with van der Waals surface area (Å²) in [6, 6.07) is 6.83. The molecule has 0 aromatic carbocycles. The summed E-state index contributed by atoms with van der Waals surface area (Å²) in [5.74, 6) is 0.865. The third-order valence-electron chi connectivity index (χ3n) is 4.34. The van der Waals surface area contributed by atoms with Crippen LogP contribution in [0, 0.1) is 11.7 Å². The molecule has 0 saturated carbocycles. The highest BCUT2D eigenvalue weighted by Gasteiger charge is 2.23. The van der Waals surface area contributed by atoms with Gasteiger partial charge in [0.15, 0.2) is 11.5 Å². The third-order valence-corrected chi connectivity index (χ3v) is 4.34. The van der Waals surface area contributed by atoms with Gasteiger partial charge in [-0.25, -0.2) is 14.4 Å². The number of nitrogens with one attached hydrogen (secondary N) is 1. The summed E-state index contributed by atoms with van der Waals surface area (Å²) in [4.78, 5) is 10.8. The average Bonchev–Trinajstić information content (AvgIpc) is 3.22. The van der Waals surface area contributed by atoms with Crippen LogP contribution in [-0.2, 0) is 0 Å². The summed E-state index contributed by atoms with van der Waals surface area (Å²) in [7, 11) is 0. The van der Waals surface area contributed by atoms with Crippen LogP contribution in [0.1, 0.15) is 7.85 Å². The molecule has 4 rings (SSSR count). The van der Waals surface area contributed by atoms with E-state index in [1.807, 2.05) is 6.07 Å². The summed E-state index contributed by atoms with van der Waals surface area (Å²) in [5.41, 5.74) is 7.12. The quantitative estimate of drug-likeness (QED) is 0.774. The number of hydrogen-bond acceptors (Lipinski definition) is 5. The first-order valence-electron chi connectivity index (χ1n) is 7.67. The van der Waals surface area contributed by atoms with Crippen LogP contribution < -0.4 is 10.6 Å². The summed E-state index contributed by atoms with van der Waals surface area (Å²) in [5, 5.41) is 7.73. The fourth-order valence-electron chi connectivity index (χ4n) is 3.05. The van der Waals surface area contributed by atoms with E-state index >= 15 is 0 Å². The second-order valence-corrected chi connectivity index (χ2v) is 5.81. The zero-order valence-electron chi connectivity index (χ0n) is 12.5. The lowest BCUT2D eigenvalue weighted by Crippen LogP contribution is -2.23. The number of aromatic amines is 1. The van der Waals surface area contributed by atoms with Crippen LogP contribution >= 0.6 is 0 Å². The standard InChI is InChI=1S/C16H17FN6.H2/c17-12-3-4-13(23-7-5-10(8-18)9-23)20-15(12)14-11-2-1-6-19-16(11)22-21-14;/h1-4,6,10H,5,7-9,18H2,(H,19,21,22);1H/t10-;/m1./s1. The molecule has 23 heavy (non-hydrogen) atoms. The molecular formula is C16H19FN6. The molecule has 0 amide bonds. The van der Waals surface area contributed by atoms with E-state index in [0.29, 0.717) is 23.8 Å². The zero-order chi connectivity index (χ0) is 15.8. The first-order chi connectivity index (χ1) is 11.3. The van der Waals surface area contributed by atoms with Gasteiger partial charge in [-0.15, -0.1) is 0 Å². The molecule has 3 aromatic heterocycles. The lowest BCUT2D eigenvalue weighted by molar-refractivity contribution is 0.601. The van der Waals surface area contributed by atoms with E-state index in [1.54, 1.807) is 18.3 Å². The van der Waals surface area contributed by atoms with Crippen molar-refractivity contribution < 1.29 is 5.82 Å². The third kappa shape index (κ3) is 2.43. The molecule has 0 spiro atoms. The average molecular weight is 314 g/mol. The molecule has 6 nitrogen and oxygen atoms in total. The zero-order valence-corrected chi connectivity index (χ0v) is 12.5. The Morgan fingerprint density at radius 2 is 2.30 bits per heavy atom. The Balaban J connectivity index is 0.00000169. The highest BCUT2D eigenvalue weighted by Crippen LogP contribution is 2.29. The number of pyridine rings is 2. The Morgan fingerprint density at radius 3 is 3.13 bits per heavy atom. The maximum atomic E-state index is 14.3. The monoisotopic (exact) mass is 314 g/mol. The Hall–Kier alpha value is -2.54. The Kier molecular flexibility index (Phi) is 3.42. The van der Waals surface area contributed by atoms with E-state index < -0.39 is 0 Å². The molecule has 7 heteroatoms. The van der Waals surface area contributed by atoms with Gasteiger partial charge >= 0.3 is 0 Å². The fraction of sp³-hybridized carbons (Fsp3) is 0.312. The molecule has 1 atom stereocenters. The number of nitrogens with zero attached hydrogens (tertiary/aromatic N) is 4. The molecule has 0 bridgehead atoms. The number of halogens is 1. The number of fused-ring (bicyclic) bond motifs is 1. The maximum absolute atomic E-state index is 14.3. The van der Waals surface area contributed by atoms with Crippen molar-refractivity contribution in [1.29, 1.82) is 0 Å². The predicted molar refractivity (Wildman–Crippen MR) is 88.6 cm³/mol. The molecule has 1 aliphatic rings. The van der Waals surface area contributed by atoms with Crippen molar-refractivity contribution in [2.75, 3.05) is 24.5 Å². The van der Waals surface area contributed by atoms with Gasteiger partial charge in [0.1, 0.15) is 11.5 Å². The number of hydrogen-bond donors (Lipinski definition) is 2. The highest BCUT2D eigenvalue weighted by atomic mass is 19.1. The molecule has 1 aliphatic heterocycles. The Labute approximate surface area is 134 Å². The van der Waals surface area contributed by atoms with Crippen LogP contribution in [0.15, 0.2) is 30.5 Å². The van der Waals surface area contributed by atoms with Gasteiger partial charge in [-0.3, -0.25) is 5.10 Å². The SMILES string of the molecule is NC[C@H]1CCN(c2ccc(F)c(-c3[nH]nc4ncccc34)n2)C1.[HH]. The summed E-state index contributed by atoms with van der Waals surface area (Å²) >= 11 is 0. The lowest BCUT2D eigenvalue weighted by Gasteiger charge is -2.18. The van der Waals surface area contributed by atoms with Crippen molar-refractivity contribution in [3.8, 4) is 11.4 Å². The Bertz CT molecular complexity index is 851. The van der Waals surface area contributed by atoms with E-state index in [1.165, 1.54) is 6.07 Å². The first kappa shape index (κ1) is 14.1. The number of nitrogens with two attached hydrogens (primary N) is 1. The van der Waals surface area contributed by atoms with Crippen LogP contribution in [0.2, 0.25) is 0 Å². The molecule has 4 heterocycles. The molecule has 3 aromatic rings. The van der Waals surface area contributed by atoms with E-state index in [2.05, 4.69) is 25.1 Å². The van der Waals surface area contributed by atoms with E-state index in [9.17, 15) is 4.39 Å². The molecular weight excluding hydrogens is 295 g/mol. The smallest absolute Gasteiger partial charge is 0.181 e. The highest BCUT2D eigenvalue weighted by molar-refractivity contribution is 5.89. The molecule has 0 radical (unpaired) electrons. The topological polar surface area (TPSA) is 83.7 Å². The van der Waals surface area contributed by atoms with Gasteiger partial charge < -0.3 is 10.6 Å². The van der Waals surface area contributed by atoms with Crippen LogP contribution in [-0.4, -0.2) is 39.8 Å². The van der Waals surface area contributed by atoms with Crippen molar-refractivity contribution in [2.24, 2.45) is 11.7 Å². The lowest BCUT2D eigenvalue weighted by atomic mass is 10.1. The number of rotatable bonds is 3. The normalized spacial score (nSPS) is 18.0. The predicted octanol–water partition coefficient (Wildman–Crippen LogP) is 2.19. The summed E-state index contributed by atoms with van der Waals surface area (Å²) < 4.78 is 14.3. The molecule has 1 fully saturated rings. The second kappa shape index (κ2) is 5.58.